The molecule has 1 unspecified atom stereocenters. The van der Waals surface area contributed by atoms with E-state index in [2.05, 4.69) is 6.92 Å². The van der Waals surface area contributed by atoms with Crippen molar-refractivity contribution in [3.8, 4) is 0 Å². The molecule has 0 saturated heterocycles. The predicted molar refractivity (Wildman–Crippen MR) is 86.9 cm³/mol. The average Bonchev–Trinajstić information content (AvgIpc) is 2.52. The fourth-order valence-corrected chi connectivity index (χ4v) is 1.84. The van der Waals surface area contributed by atoms with E-state index in [0.29, 0.717) is 52.3 Å². The highest BCUT2D eigenvalue weighted by molar-refractivity contribution is 5.68. The third kappa shape index (κ3) is 15.5. The van der Waals surface area contributed by atoms with E-state index in [1.54, 1.807) is 6.92 Å². The van der Waals surface area contributed by atoms with E-state index in [4.69, 9.17) is 18.9 Å². The van der Waals surface area contributed by atoms with Crippen LogP contribution in [-0.2, 0) is 28.5 Å². The maximum Gasteiger partial charge on any atom is 0.305 e. The standard InChI is InChI=1S/C17H31O6/c1-4-10-21-14-16(23-15(3)18)9-8-12-20-11-6-7-13-22-17(19)5-2/h16H,1,4-14H2,2-3H3. The van der Waals surface area contributed by atoms with E-state index in [-0.39, 0.29) is 18.0 Å². The van der Waals surface area contributed by atoms with Gasteiger partial charge in [-0.05, 0) is 32.1 Å². The van der Waals surface area contributed by atoms with E-state index < -0.39 is 0 Å². The summed E-state index contributed by atoms with van der Waals surface area (Å²) in [6.45, 7) is 9.54. The molecule has 6 heteroatoms. The van der Waals surface area contributed by atoms with Crippen molar-refractivity contribution in [2.75, 3.05) is 33.0 Å². The fourth-order valence-electron chi connectivity index (χ4n) is 1.84. The third-order valence-corrected chi connectivity index (χ3v) is 2.97. The first-order chi connectivity index (χ1) is 11.1. The molecule has 23 heavy (non-hydrogen) atoms. The van der Waals surface area contributed by atoms with Crippen molar-refractivity contribution < 1.29 is 28.5 Å². The van der Waals surface area contributed by atoms with Crippen LogP contribution in [0.5, 0.6) is 0 Å². The van der Waals surface area contributed by atoms with Gasteiger partial charge in [0.25, 0.3) is 0 Å². The van der Waals surface area contributed by atoms with Gasteiger partial charge in [-0.25, -0.2) is 0 Å². The van der Waals surface area contributed by atoms with Gasteiger partial charge >= 0.3 is 11.9 Å². The minimum Gasteiger partial charge on any atom is -0.466 e. The summed E-state index contributed by atoms with van der Waals surface area (Å²) in [5.74, 6) is -0.459. The number of rotatable bonds is 15. The van der Waals surface area contributed by atoms with Gasteiger partial charge < -0.3 is 18.9 Å². The van der Waals surface area contributed by atoms with Crippen LogP contribution in [0.2, 0.25) is 0 Å². The van der Waals surface area contributed by atoms with Gasteiger partial charge in [0.15, 0.2) is 0 Å². The van der Waals surface area contributed by atoms with Crippen molar-refractivity contribution in [1.29, 1.82) is 0 Å². The zero-order valence-corrected chi connectivity index (χ0v) is 14.5. The fraction of sp³-hybridized carbons (Fsp3) is 0.824. The lowest BCUT2D eigenvalue weighted by molar-refractivity contribution is -0.150. The normalized spacial score (nSPS) is 12.0. The number of hydrogen-bond acceptors (Lipinski definition) is 6. The molecule has 0 aromatic carbocycles. The summed E-state index contributed by atoms with van der Waals surface area (Å²) >= 11 is 0. The van der Waals surface area contributed by atoms with Gasteiger partial charge in [-0.3, -0.25) is 9.59 Å². The molecular weight excluding hydrogens is 300 g/mol. The molecule has 0 fully saturated rings. The zero-order chi connectivity index (χ0) is 17.3. The largest absolute Gasteiger partial charge is 0.466 e. The highest BCUT2D eigenvalue weighted by atomic mass is 16.6. The Morgan fingerprint density at radius 2 is 1.70 bits per heavy atom. The molecule has 0 aromatic heterocycles. The topological polar surface area (TPSA) is 71.1 Å². The molecule has 0 heterocycles. The van der Waals surface area contributed by atoms with Crippen molar-refractivity contribution in [1.82, 2.24) is 0 Å². The van der Waals surface area contributed by atoms with Gasteiger partial charge in [0.1, 0.15) is 6.10 Å². The van der Waals surface area contributed by atoms with Gasteiger partial charge in [-0.15, -0.1) is 0 Å². The van der Waals surface area contributed by atoms with Gasteiger partial charge in [-0.1, -0.05) is 13.8 Å². The van der Waals surface area contributed by atoms with Crippen molar-refractivity contribution >= 4 is 11.9 Å². The SMILES string of the molecule is [CH2]CCOCC(CCCOCCCCOC(=O)CC)OC(C)=O. The van der Waals surface area contributed by atoms with Crippen LogP contribution in [-0.4, -0.2) is 51.1 Å². The molecule has 0 aromatic rings. The number of unbranched alkanes of at least 4 members (excludes halogenated alkanes) is 1. The second-order valence-electron chi connectivity index (χ2n) is 5.20. The van der Waals surface area contributed by atoms with Crippen molar-refractivity contribution in [3.05, 3.63) is 6.92 Å². The average molecular weight is 331 g/mol. The van der Waals surface area contributed by atoms with Crippen LogP contribution in [0.1, 0.15) is 52.4 Å². The molecule has 135 valence electrons. The van der Waals surface area contributed by atoms with Crippen LogP contribution < -0.4 is 0 Å². The maximum absolute atomic E-state index is 11.0. The quantitative estimate of drug-likeness (QED) is 0.339. The Kier molecular flexibility index (Phi) is 15.0. The van der Waals surface area contributed by atoms with Crippen molar-refractivity contribution in [2.24, 2.45) is 0 Å². The summed E-state index contributed by atoms with van der Waals surface area (Å²) in [5.41, 5.74) is 0. The molecule has 0 N–H and O–H groups in total. The van der Waals surface area contributed by atoms with E-state index >= 15 is 0 Å². The van der Waals surface area contributed by atoms with E-state index in [9.17, 15) is 9.59 Å². The summed E-state index contributed by atoms with van der Waals surface area (Å²) in [7, 11) is 0. The Hall–Kier alpha value is -1.14. The summed E-state index contributed by atoms with van der Waals surface area (Å²) in [5, 5.41) is 0. The van der Waals surface area contributed by atoms with E-state index in [1.165, 1.54) is 6.92 Å². The van der Waals surface area contributed by atoms with Crippen LogP contribution in [0, 0.1) is 6.92 Å². The Morgan fingerprint density at radius 3 is 2.35 bits per heavy atom. The summed E-state index contributed by atoms with van der Waals surface area (Å²) in [6.07, 6.45) is 4.07. The van der Waals surface area contributed by atoms with Crippen LogP contribution in [0.4, 0.5) is 0 Å². The molecule has 0 spiro atoms. The van der Waals surface area contributed by atoms with Crippen LogP contribution in [0.25, 0.3) is 0 Å². The lowest BCUT2D eigenvalue weighted by atomic mass is 10.2. The number of ether oxygens (including phenoxy) is 4. The number of esters is 2. The monoisotopic (exact) mass is 331 g/mol. The first-order valence-electron chi connectivity index (χ1n) is 8.37. The van der Waals surface area contributed by atoms with Gasteiger partial charge in [-0.2, -0.15) is 0 Å². The molecule has 0 aliphatic carbocycles. The Labute approximate surface area is 139 Å². The maximum atomic E-state index is 11.0. The molecule has 0 amide bonds. The molecule has 0 saturated carbocycles. The van der Waals surface area contributed by atoms with Gasteiger partial charge in [0.2, 0.25) is 0 Å². The highest BCUT2D eigenvalue weighted by Crippen LogP contribution is 2.05. The first kappa shape index (κ1) is 21.9. The van der Waals surface area contributed by atoms with Crippen LogP contribution in [0.15, 0.2) is 0 Å². The third-order valence-electron chi connectivity index (χ3n) is 2.97. The summed E-state index contributed by atoms with van der Waals surface area (Å²) < 4.78 is 21.1. The summed E-state index contributed by atoms with van der Waals surface area (Å²) in [4.78, 5) is 22.0. The molecule has 0 aliphatic rings. The molecule has 1 radical (unpaired) electrons. The second-order valence-corrected chi connectivity index (χ2v) is 5.20. The molecule has 6 nitrogen and oxygen atoms in total. The number of carbonyl (C=O) groups is 2. The van der Waals surface area contributed by atoms with Crippen LogP contribution in [0.3, 0.4) is 0 Å². The van der Waals surface area contributed by atoms with Crippen LogP contribution >= 0.6 is 0 Å². The van der Waals surface area contributed by atoms with Crippen molar-refractivity contribution in [2.45, 2.75) is 58.5 Å². The Balaban J connectivity index is 3.53. The first-order valence-corrected chi connectivity index (χ1v) is 8.37. The lowest BCUT2D eigenvalue weighted by Gasteiger charge is -2.17. The van der Waals surface area contributed by atoms with Gasteiger partial charge in [0.05, 0.1) is 13.2 Å². The summed E-state index contributed by atoms with van der Waals surface area (Å²) in [6, 6.07) is 0. The molecule has 1 atom stereocenters. The molecule has 0 rings (SSSR count). The minimum absolute atomic E-state index is 0.163. The van der Waals surface area contributed by atoms with Gasteiger partial charge in [0, 0.05) is 33.2 Å². The highest BCUT2D eigenvalue weighted by Gasteiger charge is 2.12. The van der Waals surface area contributed by atoms with E-state index in [0.717, 1.165) is 19.3 Å². The molecule has 0 aliphatic heterocycles. The van der Waals surface area contributed by atoms with E-state index in [1.807, 2.05) is 0 Å². The predicted octanol–water partition coefficient (Wildman–Crippen LogP) is 2.69. The smallest absolute Gasteiger partial charge is 0.305 e. The number of hydrogen-bond donors (Lipinski definition) is 0. The lowest BCUT2D eigenvalue weighted by Crippen LogP contribution is -2.23. The molecule has 0 bridgehead atoms. The Bertz CT molecular complexity index is 305. The zero-order valence-electron chi connectivity index (χ0n) is 14.5. The van der Waals surface area contributed by atoms with Crippen molar-refractivity contribution in [3.63, 3.8) is 0 Å². The Morgan fingerprint density at radius 1 is 1.00 bits per heavy atom. The minimum atomic E-state index is -0.296. The number of carbonyl (C=O) groups excluding carboxylic acids is 2. The molecular formula is C17H31O6. The second kappa shape index (κ2) is 15.7.